The Morgan fingerprint density at radius 2 is 1.94 bits per heavy atom. The number of hydrogen-bond acceptors (Lipinski definition) is 2. The second kappa shape index (κ2) is 8.57. The molecule has 0 aliphatic carbocycles. The summed E-state index contributed by atoms with van der Waals surface area (Å²) in [6, 6.07) is 10.5. The molecule has 0 heterocycles. The van der Waals surface area contributed by atoms with E-state index in [0.29, 0.717) is 12.5 Å². The molecule has 3 heteroatoms. The maximum atomic E-state index is 5.54. The van der Waals surface area contributed by atoms with Crippen molar-refractivity contribution in [3.8, 4) is 0 Å². The maximum Gasteiger partial charge on any atom is 0.0602 e. The molecular formula is C13H20ClNO. The van der Waals surface area contributed by atoms with Crippen LogP contribution in [0.2, 0.25) is 0 Å². The Bertz CT molecular complexity index is 266. The minimum Gasteiger partial charge on any atom is -0.379 e. The third-order valence-electron chi connectivity index (χ3n) is 2.47. The summed E-state index contributed by atoms with van der Waals surface area (Å²) in [5.41, 5.74) is 1.35. The number of alkyl halides is 1. The quantitative estimate of drug-likeness (QED) is 0.513. The lowest BCUT2D eigenvalue weighted by Crippen LogP contribution is -2.27. The SMILES string of the molecule is CCN(CCOCCCl)Cc1ccccc1. The molecule has 1 aromatic rings. The third kappa shape index (κ3) is 5.50. The van der Waals surface area contributed by atoms with Gasteiger partial charge < -0.3 is 4.74 Å². The first kappa shape index (κ1) is 13.5. The van der Waals surface area contributed by atoms with Crippen molar-refractivity contribution >= 4 is 11.6 Å². The molecule has 0 aliphatic rings. The van der Waals surface area contributed by atoms with Crippen molar-refractivity contribution in [1.82, 2.24) is 4.90 Å². The van der Waals surface area contributed by atoms with Gasteiger partial charge in [0, 0.05) is 19.0 Å². The fourth-order valence-electron chi connectivity index (χ4n) is 1.54. The van der Waals surface area contributed by atoms with Gasteiger partial charge in [-0.25, -0.2) is 0 Å². The van der Waals surface area contributed by atoms with Crippen LogP contribution in [0, 0.1) is 0 Å². The average Bonchev–Trinajstić information content (AvgIpc) is 2.34. The molecule has 0 amide bonds. The molecule has 0 saturated heterocycles. The van der Waals surface area contributed by atoms with Crippen molar-refractivity contribution in [2.24, 2.45) is 0 Å². The highest BCUT2D eigenvalue weighted by molar-refractivity contribution is 6.17. The van der Waals surface area contributed by atoms with E-state index >= 15 is 0 Å². The first-order valence-corrected chi connectivity index (χ1v) is 6.30. The first-order chi connectivity index (χ1) is 7.86. The van der Waals surface area contributed by atoms with Crippen LogP contribution in [0.3, 0.4) is 0 Å². The zero-order valence-corrected chi connectivity index (χ0v) is 10.6. The van der Waals surface area contributed by atoms with Crippen LogP contribution in [-0.4, -0.2) is 37.1 Å². The maximum absolute atomic E-state index is 5.54. The van der Waals surface area contributed by atoms with Crippen LogP contribution in [0.4, 0.5) is 0 Å². The number of likely N-dealkylation sites (N-methyl/N-ethyl adjacent to an activating group) is 1. The molecule has 0 aliphatic heterocycles. The number of hydrogen-bond donors (Lipinski definition) is 0. The molecule has 0 N–H and O–H groups in total. The second-order valence-electron chi connectivity index (χ2n) is 3.66. The number of halogens is 1. The van der Waals surface area contributed by atoms with Gasteiger partial charge >= 0.3 is 0 Å². The summed E-state index contributed by atoms with van der Waals surface area (Å²) in [5, 5.41) is 0. The molecule has 1 aromatic carbocycles. The van der Waals surface area contributed by atoms with E-state index in [1.165, 1.54) is 5.56 Å². The normalized spacial score (nSPS) is 10.9. The van der Waals surface area contributed by atoms with E-state index in [1.807, 2.05) is 6.07 Å². The van der Waals surface area contributed by atoms with E-state index in [1.54, 1.807) is 0 Å². The van der Waals surface area contributed by atoms with Crippen molar-refractivity contribution in [2.75, 3.05) is 32.2 Å². The van der Waals surface area contributed by atoms with Crippen LogP contribution >= 0.6 is 11.6 Å². The van der Waals surface area contributed by atoms with E-state index in [-0.39, 0.29) is 0 Å². The van der Waals surface area contributed by atoms with Gasteiger partial charge in [0.2, 0.25) is 0 Å². The summed E-state index contributed by atoms with van der Waals surface area (Å²) >= 11 is 5.54. The van der Waals surface area contributed by atoms with E-state index in [4.69, 9.17) is 16.3 Å². The molecule has 0 radical (unpaired) electrons. The van der Waals surface area contributed by atoms with Gasteiger partial charge in [0.25, 0.3) is 0 Å². The minimum absolute atomic E-state index is 0.574. The predicted molar refractivity (Wildman–Crippen MR) is 68.9 cm³/mol. The topological polar surface area (TPSA) is 12.5 Å². The first-order valence-electron chi connectivity index (χ1n) is 5.76. The zero-order valence-electron chi connectivity index (χ0n) is 9.86. The molecule has 0 unspecified atom stereocenters. The Balaban J connectivity index is 2.26. The van der Waals surface area contributed by atoms with Crippen molar-refractivity contribution < 1.29 is 4.74 Å². The van der Waals surface area contributed by atoms with Gasteiger partial charge in [-0.05, 0) is 12.1 Å². The monoisotopic (exact) mass is 241 g/mol. The van der Waals surface area contributed by atoms with Crippen LogP contribution in [0.1, 0.15) is 12.5 Å². The standard InChI is InChI=1S/C13H20ClNO/c1-2-15(9-11-16-10-8-14)12-13-6-4-3-5-7-13/h3-7H,2,8-12H2,1H3. The lowest BCUT2D eigenvalue weighted by Gasteiger charge is -2.20. The third-order valence-corrected chi connectivity index (χ3v) is 2.62. The van der Waals surface area contributed by atoms with Crippen LogP contribution in [0.25, 0.3) is 0 Å². The molecule has 16 heavy (non-hydrogen) atoms. The summed E-state index contributed by atoms with van der Waals surface area (Å²) in [6.45, 7) is 6.56. The number of nitrogens with zero attached hydrogens (tertiary/aromatic N) is 1. The van der Waals surface area contributed by atoms with Crippen LogP contribution in [0.5, 0.6) is 0 Å². The molecule has 0 spiro atoms. The highest BCUT2D eigenvalue weighted by Crippen LogP contribution is 2.03. The van der Waals surface area contributed by atoms with Gasteiger partial charge in [0.1, 0.15) is 0 Å². The Labute approximate surface area is 103 Å². The van der Waals surface area contributed by atoms with Gasteiger partial charge in [-0.2, -0.15) is 0 Å². The lowest BCUT2D eigenvalue weighted by atomic mass is 10.2. The number of ether oxygens (including phenoxy) is 1. The predicted octanol–water partition coefficient (Wildman–Crippen LogP) is 2.76. The Hall–Kier alpha value is -0.570. The fourth-order valence-corrected chi connectivity index (χ4v) is 1.65. The molecule has 1 rings (SSSR count). The Kier molecular flexibility index (Phi) is 7.23. The lowest BCUT2D eigenvalue weighted by molar-refractivity contribution is 0.114. The van der Waals surface area contributed by atoms with Gasteiger partial charge in [-0.3, -0.25) is 4.90 Å². The van der Waals surface area contributed by atoms with E-state index < -0.39 is 0 Å². The minimum atomic E-state index is 0.574. The molecule has 90 valence electrons. The molecule has 0 atom stereocenters. The summed E-state index contributed by atoms with van der Waals surface area (Å²) in [5.74, 6) is 0.574. The van der Waals surface area contributed by atoms with Gasteiger partial charge in [-0.15, -0.1) is 11.6 Å². The average molecular weight is 242 g/mol. The summed E-state index contributed by atoms with van der Waals surface area (Å²) < 4.78 is 5.38. The van der Waals surface area contributed by atoms with Gasteiger partial charge in [-0.1, -0.05) is 37.3 Å². The van der Waals surface area contributed by atoms with Crippen molar-refractivity contribution in [3.05, 3.63) is 35.9 Å². The van der Waals surface area contributed by atoms with Crippen molar-refractivity contribution in [2.45, 2.75) is 13.5 Å². The van der Waals surface area contributed by atoms with Crippen molar-refractivity contribution in [3.63, 3.8) is 0 Å². The molecule has 2 nitrogen and oxygen atoms in total. The van der Waals surface area contributed by atoms with Crippen LogP contribution < -0.4 is 0 Å². The van der Waals surface area contributed by atoms with E-state index in [0.717, 1.165) is 26.2 Å². The zero-order chi connectivity index (χ0) is 11.6. The summed E-state index contributed by atoms with van der Waals surface area (Å²) in [7, 11) is 0. The van der Waals surface area contributed by atoms with E-state index in [2.05, 4.69) is 36.1 Å². The smallest absolute Gasteiger partial charge is 0.0602 e. The highest BCUT2D eigenvalue weighted by Gasteiger charge is 2.02. The number of rotatable bonds is 8. The molecule has 0 bridgehead atoms. The summed E-state index contributed by atoms with van der Waals surface area (Å²) in [4.78, 5) is 2.36. The molecule has 0 saturated carbocycles. The Morgan fingerprint density at radius 1 is 1.19 bits per heavy atom. The molecule has 0 fully saturated rings. The number of benzene rings is 1. The van der Waals surface area contributed by atoms with Gasteiger partial charge in [0.15, 0.2) is 0 Å². The fraction of sp³-hybridized carbons (Fsp3) is 0.538. The largest absolute Gasteiger partial charge is 0.379 e. The van der Waals surface area contributed by atoms with Crippen LogP contribution in [-0.2, 0) is 11.3 Å². The molecule has 0 aromatic heterocycles. The summed E-state index contributed by atoms with van der Waals surface area (Å²) in [6.07, 6.45) is 0. The second-order valence-corrected chi connectivity index (χ2v) is 4.03. The van der Waals surface area contributed by atoms with E-state index in [9.17, 15) is 0 Å². The molecular weight excluding hydrogens is 222 g/mol. The Morgan fingerprint density at radius 3 is 2.56 bits per heavy atom. The van der Waals surface area contributed by atoms with Crippen molar-refractivity contribution in [1.29, 1.82) is 0 Å². The van der Waals surface area contributed by atoms with Gasteiger partial charge in [0.05, 0.1) is 13.2 Å². The van der Waals surface area contributed by atoms with Crippen LogP contribution in [0.15, 0.2) is 30.3 Å². The highest BCUT2D eigenvalue weighted by atomic mass is 35.5.